The van der Waals surface area contributed by atoms with Crippen LogP contribution in [0.3, 0.4) is 0 Å². The number of hydrogen-bond donors (Lipinski definition) is 0. The Morgan fingerprint density at radius 1 is 1.00 bits per heavy atom. The fourth-order valence-corrected chi connectivity index (χ4v) is 2.15. The van der Waals surface area contributed by atoms with E-state index >= 15 is 0 Å². The average Bonchev–Trinajstić information content (AvgIpc) is 2.83. The third-order valence-electron chi connectivity index (χ3n) is 3.68. The van der Waals surface area contributed by atoms with Gasteiger partial charge in [0.05, 0.1) is 16.9 Å². The number of ketones is 2. The van der Waals surface area contributed by atoms with Gasteiger partial charge in [-0.15, -0.1) is 0 Å². The van der Waals surface area contributed by atoms with Crippen molar-refractivity contribution in [2.45, 2.75) is 30.1 Å². The monoisotopic (exact) mass is 391 g/mol. The minimum absolute atomic E-state index is 0.0523. The van der Waals surface area contributed by atoms with E-state index in [1.165, 1.54) is 0 Å². The molecule has 1 fully saturated rings. The Morgan fingerprint density at radius 2 is 1.50 bits per heavy atom. The highest BCUT2D eigenvalue weighted by atomic mass is 19.4. The quantitative estimate of drug-likeness (QED) is 0.252. The first-order valence-corrected chi connectivity index (χ1v) is 6.45. The summed E-state index contributed by atoms with van der Waals surface area (Å²) in [5.41, 5.74) is -9.01. The van der Waals surface area contributed by atoms with Crippen molar-refractivity contribution in [3.63, 3.8) is 0 Å². The summed E-state index contributed by atoms with van der Waals surface area (Å²) in [6, 6.07) is 0.383. The Hall–Kier alpha value is -2.60. The molecular weight excluding hydrogens is 386 g/mol. The minimum Gasteiger partial charge on any atom is -0.295 e. The molecule has 0 aromatic heterocycles. The van der Waals surface area contributed by atoms with Gasteiger partial charge in [-0.25, -0.2) is 4.39 Å². The van der Waals surface area contributed by atoms with Crippen LogP contribution in [-0.4, -0.2) is 34.0 Å². The van der Waals surface area contributed by atoms with E-state index in [1.54, 1.807) is 0 Å². The van der Waals surface area contributed by atoms with Crippen LogP contribution in [0.4, 0.5) is 40.8 Å². The Bertz CT molecular complexity index is 803. The van der Waals surface area contributed by atoms with Gasteiger partial charge < -0.3 is 0 Å². The number of benzene rings is 1. The Balaban J connectivity index is 2.35. The number of carbonyl (C=O) groups excluding carboxylic acids is 2. The molecule has 1 aliphatic carbocycles. The zero-order valence-corrected chi connectivity index (χ0v) is 12.0. The average molecular weight is 391 g/mol. The molecule has 5 nitrogen and oxygen atoms in total. The summed E-state index contributed by atoms with van der Waals surface area (Å²) in [4.78, 5) is 32.4. The normalized spacial score (nSPS) is 19.7. The van der Waals surface area contributed by atoms with Gasteiger partial charge in [0.25, 0.3) is 5.69 Å². The number of alkyl halides is 8. The topological polar surface area (TPSA) is 77.3 Å². The lowest BCUT2D eigenvalue weighted by atomic mass is 10.00. The molecule has 0 aliphatic heterocycles. The molecule has 1 aromatic rings. The molecule has 0 amide bonds. The predicted molar refractivity (Wildman–Crippen MR) is 65.8 cm³/mol. The lowest BCUT2D eigenvalue weighted by molar-refractivity contribution is -0.385. The van der Waals surface area contributed by atoms with Crippen molar-refractivity contribution in [2.75, 3.05) is 0 Å². The van der Waals surface area contributed by atoms with Gasteiger partial charge in [0.2, 0.25) is 0 Å². The molecule has 1 aliphatic rings. The van der Waals surface area contributed by atoms with Crippen molar-refractivity contribution in [1.82, 2.24) is 0 Å². The summed E-state index contributed by atoms with van der Waals surface area (Å²) < 4.78 is 103. The summed E-state index contributed by atoms with van der Waals surface area (Å²) in [5, 5.41) is 10.6. The van der Waals surface area contributed by atoms with Crippen LogP contribution in [0, 0.1) is 10.1 Å². The van der Waals surface area contributed by atoms with E-state index in [4.69, 9.17) is 0 Å². The highest BCUT2D eigenvalue weighted by molar-refractivity contribution is 6.12. The lowest BCUT2D eigenvalue weighted by Crippen LogP contribution is -2.29. The highest BCUT2D eigenvalue weighted by Gasteiger charge is 3.01. The number of non-ortho nitro benzene ring substituents is 1. The standard InChI is InChI=1S/C13H5F8NO4/c14-10(12(18,19)13(10,20)21)9(24)4-8(23)5-1-6(11(15,16)17)3-7(2-5)22(25)26/h1-3H,4H2. The van der Waals surface area contributed by atoms with Gasteiger partial charge in [0.15, 0.2) is 11.6 Å². The Labute approximate surface area is 137 Å². The smallest absolute Gasteiger partial charge is 0.295 e. The van der Waals surface area contributed by atoms with Gasteiger partial charge in [-0.05, 0) is 6.07 Å². The van der Waals surface area contributed by atoms with Crippen LogP contribution >= 0.6 is 0 Å². The number of halogens is 8. The second-order valence-electron chi connectivity index (χ2n) is 5.35. The first kappa shape index (κ1) is 19.7. The molecule has 0 unspecified atom stereocenters. The fourth-order valence-electron chi connectivity index (χ4n) is 2.15. The number of rotatable bonds is 5. The molecule has 0 bridgehead atoms. The van der Waals surface area contributed by atoms with Gasteiger partial charge in [0, 0.05) is 17.7 Å². The third kappa shape index (κ3) is 2.61. The maximum absolute atomic E-state index is 13.5. The minimum atomic E-state index is -5.36. The molecule has 13 heteroatoms. The molecule has 0 heterocycles. The molecule has 0 saturated heterocycles. The van der Waals surface area contributed by atoms with E-state index in [0.29, 0.717) is 0 Å². The summed E-state index contributed by atoms with van der Waals surface area (Å²) in [5.74, 6) is -15.0. The van der Waals surface area contributed by atoms with Crippen LogP contribution in [0.1, 0.15) is 22.3 Å². The summed E-state index contributed by atoms with van der Waals surface area (Å²) in [7, 11) is 0. The first-order chi connectivity index (χ1) is 11.6. The van der Waals surface area contributed by atoms with Crippen molar-refractivity contribution in [3.05, 3.63) is 39.4 Å². The molecular formula is C13H5F8NO4. The van der Waals surface area contributed by atoms with E-state index < -0.39 is 63.4 Å². The SMILES string of the molecule is O=C(CC(=O)C1(F)C(F)(F)C1(F)F)c1cc([N+](=O)[O-])cc(C(F)(F)F)c1. The van der Waals surface area contributed by atoms with Gasteiger partial charge in [-0.3, -0.25) is 19.7 Å². The number of hydrogen-bond acceptors (Lipinski definition) is 4. The second-order valence-corrected chi connectivity index (χ2v) is 5.35. The van der Waals surface area contributed by atoms with Gasteiger partial charge in [0.1, 0.15) is 0 Å². The number of nitro groups is 1. The van der Waals surface area contributed by atoms with Crippen LogP contribution in [-0.2, 0) is 11.0 Å². The molecule has 1 aromatic carbocycles. The van der Waals surface area contributed by atoms with Gasteiger partial charge in [-0.1, -0.05) is 0 Å². The largest absolute Gasteiger partial charge is 0.416 e. The van der Waals surface area contributed by atoms with Crippen LogP contribution in [0.15, 0.2) is 18.2 Å². The zero-order chi connectivity index (χ0) is 20.3. The van der Waals surface area contributed by atoms with Crippen molar-refractivity contribution in [2.24, 2.45) is 0 Å². The van der Waals surface area contributed by atoms with Crippen LogP contribution in [0.2, 0.25) is 0 Å². The summed E-state index contributed by atoms with van der Waals surface area (Å²) in [6.07, 6.45) is -7.08. The van der Waals surface area contributed by atoms with E-state index in [1.807, 2.05) is 0 Å². The molecule has 2 rings (SSSR count). The number of carbonyl (C=O) groups is 2. The van der Waals surface area contributed by atoms with Gasteiger partial charge >= 0.3 is 23.7 Å². The van der Waals surface area contributed by atoms with Crippen LogP contribution in [0.25, 0.3) is 0 Å². The predicted octanol–water partition coefficient (Wildman–Crippen LogP) is 3.75. The van der Waals surface area contributed by atoms with E-state index in [0.717, 1.165) is 0 Å². The number of Topliss-reactive ketones (excluding diaryl/α,β-unsaturated/α-hetero) is 2. The molecule has 0 radical (unpaired) electrons. The molecule has 26 heavy (non-hydrogen) atoms. The molecule has 1 saturated carbocycles. The Kier molecular flexibility index (Phi) is 4.13. The van der Waals surface area contributed by atoms with Gasteiger partial charge in [-0.2, -0.15) is 30.7 Å². The van der Waals surface area contributed by atoms with E-state index in [2.05, 4.69) is 0 Å². The maximum Gasteiger partial charge on any atom is 0.416 e. The fraction of sp³-hybridized carbons (Fsp3) is 0.385. The molecule has 0 spiro atoms. The molecule has 0 atom stereocenters. The van der Waals surface area contributed by atoms with Crippen molar-refractivity contribution in [3.8, 4) is 0 Å². The van der Waals surface area contributed by atoms with Crippen LogP contribution < -0.4 is 0 Å². The number of nitrogens with zero attached hydrogens (tertiary/aromatic N) is 1. The summed E-state index contributed by atoms with van der Waals surface area (Å²) >= 11 is 0. The molecule has 0 N–H and O–H groups in total. The number of nitro benzene ring substituents is 1. The third-order valence-corrected chi connectivity index (χ3v) is 3.68. The zero-order valence-electron chi connectivity index (χ0n) is 12.0. The lowest BCUT2D eigenvalue weighted by Gasteiger charge is -2.09. The first-order valence-electron chi connectivity index (χ1n) is 6.45. The van der Waals surface area contributed by atoms with Crippen molar-refractivity contribution < 1.29 is 49.6 Å². The van der Waals surface area contributed by atoms with E-state index in [-0.39, 0.29) is 18.2 Å². The van der Waals surface area contributed by atoms with Crippen LogP contribution in [0.5, 0.6) is 0 Å². The summed E-state index contributed by atoms with van der Waals surface area (Å²) in [6.45, 7) is 0. The molecule has 142 valence electrons. The highest BCUT2D eigenvalue weighted by Crippen LogP contribution is 2.68. The maximum atomic E-state index is 13.5. The van der Waals surface area contributed by atoms with Crippen molar-refractivity contribution >= 4 is 17.3 Å². The second kappa shape index (κ2) is 5.45. The van der Waals surface area contributed by atoms with Crippen molar-refractivity contribution in [1.29, 1.82) is 0 Å². The van der Waals surface area contributed by atoms with E-state index in [9.17, 15) is 54.8 Å². The Morgan fingerprint density at radius 3 is 1.88 bits per heavy atom.